The monoisotopic (exact) mass is 168 g/mol. The lowest BCUT2D eigenvalue weighted by Crippen LogP contribution is -1.91. The zero-order valence-corrected chi connectivity index (χ0v) is 7.26. The molecule has 1 rings (SSSR count). The zero-order chi connectivity index (χ0) is 9.14. The summed E-state index contributed by atoms with van der Waals surface area (Å²) in [6.07, 6.45) is 1.57. The molecule has 0 bridgehead atoms. The molecule has 1 heterocycles. The molecule has 0 unspecified atom stereocenters. The number of carboxylic acid groups (broad SMARTS) is 1. The second-order valence-corrected chi connectivity index (χ2v) is 2.57. The zero-order valence-electron chi connectivity index (χ0n) is 7.26. The molecule has 0 aromatic carbocycles. The fraction of sp³-hybridized carbons (Fsp3) is 0.444. The van der Waals surface area contributed by atoms with Crippen molar-refractivity contribution in [1.29, 1.82) is 0 Å². The molecule has 1 N–H and O–H groups in total. The maximum atomic E-state index is 10.5. The fourth-order valence-corrected chi connectivity index (χ4v) is 1.17. The molecule has 0 atom stereocenters. The van der Waals surface area contributed by atoms with Crippen molar-refractivity contribution in [2.75, 3.05) is 0 Å². The van der Waals surface area contributed by atoms with Crippen molar-refractivity contribution >= 4 is 5.97 Å². The molecule has 0 radical (unpaired) electrons. The van der Waals surface area contributed by atoms with Crippen molar-refractivity contribution in [3.8, 4) is 0 Å². The van der Waals surface area contributed by atoms with Crippen molar-refractivity contribution in [2.24, 2.45) is 0 Å². The molecule has 0 aliphatic carbocycles. The minimum Gasteiger partial charge on any atom is -0.475 e. The summed E-state index contributed by atoms with van der Waals surface area (Å²) in [6.45, 7) is 3.93. The number of carbonyl (C=O) groups is 1. The van der Waals surface area contributed by atoms with Gasteiger partial charge in [0.15, 0.2) is 0 Å². The van der Waals surface area contributed by atoms with Gasteiger partial charge >= 0.3 is 5.97 Å². The van der Waals surface area contributed by atoms with Crippen LogP contribution in [0.4, 0.5) is 0 Å². The number of aromatic carboxylic acids is 1. The summed E-state index contributed by atoms with van der Waals surface area (Å²) in [5.41, 5.74) is 0.995. The van der Waals surface area contributed by atoms with Gasteiger partial charge in [-0.3, -0.25) is 0 Å². The number of hydrogen-bond acceptors (Lipinski definition) is 2. The molecule has 1 aromatic rings. The summed E-state index contributed by atoms with van der Waals surface area (Å²) in [5, 5.41) is 8.62. The summed E-state index contributed by atoms with van der Waals surface area (Å²) in [7, 11) is 0. The van der Waals surface area contributed by atoms with Gasteiger partial charge in [-0.15, -0.1) is 0 Å². The molecule has 3 nitrogen and oxygen atoms in total. The smallest absolute Gasteiger partial charge is 0.371 e. The van der Waals surface area contributed by atoms with Gasteiger partial charge in [-0.1, -0.05) is 13.8 Å². The minimum absolute atomic E-state index is 0.0451. The van der Waals surface area contributed by atoms with Crippen LogP contribution in [0.15, 0.2) is 10.5 Å². The lowest BCUT2D eigenvalue weighted by Gasteiger charge is -1.91. The summed E-state index contributed by atoms with van der Waals surface area (Å²) in [4.78, 5) is 10.5. The van der Waals surface area contributed by atoms with Gasteiger partial charge in [0.05, 0.1) is 0 Å². The van der Waals surface area contributed by atoms with Crippen LogP contribution in [0.1, 0.15) is 35.7 Å². The van der Waals surface area contributed by atoms with E-state index in [2.05, 4.69) is 0 Å². The molecule has 0 amide bonds. The van der Waals surface area contributed by atoms with Crippen molar-refractivity contribution in [3.05, 3.63) is 23.2 Å². The van der Waals surface area contributed by atoms with Gasteiger partial charge in [0.1, 0.15) is 5.76 Å². The van der Waals surface area contributed by atoms with Crippen LogP contribution in [0.3, 0.4) is 0 Å². The third-order valence-corrected chi connectivity index (χ3v) is 1.81. The highest BCUT2D eigenvalue weighted by molar-refractivity contribution is 5.84. The number of carboxylic acids is 1. The Balaban J connectivity index is 3.05. The number of aryl methyl sites for hydroxylation is 2. The largest absolute Gasteiger partial charge is 0.475 e. The Kier molecular flexibility index (Phi) is 2.53. The van der Waals surface area contributed by atoms with E-state index in [1.165, 1.54) is 0 Å². The number of furan rings is 1. The Morgan fingerprint density at radius 2 is 2.17 bits per heavy atom. The maximum Gasteiger partial charge on any atom is 0.371 e. The first-order valence-electron chi connectivity index (χ1n) is 4.03. The molecule has 0 saturated carbocycles. The van der Waals surface area contributed by atoms with Crippen LogP contribution in [-0.2, 0) is 12.8 Å². The molecule has 12 heavy (non-hydrogen) atoms. The summed E-state index contributed by atoms with van der Waals surface area (Å²) in [6, 6.07) is 1.60. The Hall–Kier alpha value is -1.25. The number of hydrogen-bond donors (Lipinski definition) is 1. The molecule has 3 heteroatoms. The summed E-state index contributed by atoms with van der Waals surface area (Å²) in [5.74, 6) is -0.164. The third kappa shape index (κ3) is 1.49. The Bertz CT molecular complexity index is 264. The van der Waals surface area contributed by atoms with Crippen LogP contribution >= 0.6 is 0 Å². The van der Waals surface area contributed by atoms with Crippen molar-refractivity contribution in [2.45, 2.75) is 26.7 Å². The SMILES string of the molecule is CCc1cc(C(=O)O)oc1CC. The van der Waals surface area contributed by atoms with Crippen LogP contribution in [-0.4, -0.2) is 11.1 Å². The van der Waals surface area contributed by atoms with E-state index < -0.39 is 5.97 Å². The molecule has 0 aliphatic rings. The minimum atomic E-state index is -0.996. The highest BCUT2D eigenvalue weighted by Crippen LogP contribution is 2.16. The Morgan fingerprint density at radius 1 is 1.50 bits per heavy atom. The Morgan fingerprint density at radius 3 is 2.50 bits per heavy atom. The molecular weight excluding hydrogens is 156 g/mol. The third-order valence-electron chi connectivity index (χ3n) is 1.81. The molecule has 0 aliphatic heterocycles. The highest BCUT2D eigenvalue weighted by Gasteiger charge is 2.12. The van der Waals surface area contributed by atoms with Gasteiger partial charge in [-0.25, -0.2) is 4.79 Å². The van der Waals surface area contributed by atoms with E-state index in [0.717, 1.165) is 24.2 Å². The summed E-state index contributed by atoms with van der Waals surface area (Å²) < 4.78 is 5.12. The normalized spacial score (nSPS) is 10.2. The Labute approximate surface area is 71.0 Å². The first-order chi connectivity index (χ1) is 5.69. The highest BCUT2D eigenvalue weighted by atomic mass is 16.4. The van der Waals surface area contributed by atoms with Gasteiger partial charge in [-0.2, -0.15) is 0 Å². The van der Waals surface area contributed by atoms with Gasteiger partial charge in [0.2, 0.25) is 5.76 Å². The van der Waals surface area contributed by atoms with Gasteiger partial charge < -0.3 is 9.52 Å². The van der Waals surface area contributed by atoms with Crippen LogP contribution in [0.5, 0.6) is 0 Å². The van der Waals surface area contributed by atoms with E-state index in [9.17, 15) is 4.79 Å². The lowest BCUT2D eigenvalue weighted by atomic mass is 10.1. The van der Waals surface area contributed by atoms with E-state index in [-0.39, 0.29) is 5.76 Å². The average Bonchev–Trinajstić information content (AvgIpc) is 2.46. The lowest BCUT2D eigenvalue weighted by molar-refractivity contribution is 0.0660. The van der Waals surface area contributed by atoms with Crippen LogP contribution in [0.2, 0.25) is 0 Å². The summed E-state index contributed by atoms with van der Waals surface area (Å²) >= 11 is 0. The maximum absolute atomic E-state index is 10.5. The van der Waals surface area contributed by atoms with Crippen LogP contribution in [0, 0.1) is 0 Å². The van der Waals surface area contributed by atoms with Crippen molar-refractivity contribution in [1.82, 2.24) is 0 Å². The molecular formula is C9H12O3. The van der Waals surface area contributed by atoms with E-state index >= 15 is 0 Å². The number of rotatable bonds is 3. The first-order valence-corrected chi connectivity index (χ1v) is 4.03. The second kappa shape index (κ2) is 3.43. The van der Waals surface area contributed by atoms with E-state index in [1.54, 1.807) is 6.07 Å². The predicted molar refractivity (Wildman–Crippen MR) is 44.4 cm³/mol. The van der Waals surface area contributed by atoms with Gasteiger partial charge in [0, 0.05) is 6.42 Å². The van der Waals surface area contributed by atoms with Crippen LogP contribution < -0.4 is 0 Å². The standard InChI is InChI=1S/C9H12O3/c1-3-6-5-8(9(10)11)12-7(6)4-2/h5H,3-4H2,1-2H3,(H,10,11). The predicted octanol–water partition coefficient (Wildman–Crippen LogP) is 2.10. The molecule has 66 valence electrons. The van der Waals surface area contributed by atoms with Gasteiger partial charge in [-0.05, 0) is 18.1 Å². The van der Waals surface area contributed by atoms with Crippen molar-refractivity contribution < 1.29 is 14.3 Å². The quantitative estimate of drug-likeness (QED) is 0.751. The fourth-order valence-electron chi connectivity index (χ4n) is 1.17. The van der Waals surface area contributed by atoms with Gasteiger partial charge in [0.25, 0.3) is 0 Å². The first kappa shape index (κ1) is 8.84. The molecule has 0 spiro atoms. The van der Waals surface area contributed by atoms with E-state index in [1.807, 2.05) is 13.8 Å². The van der Waals surface area contributed by atoms with E-state index in [4.69, 9.17) is 9.52 Å². The topological polar surface area (TPSA) is 50.4 Å². The molecule has 0 fully saturated rings. The van der Waals surface area contributed by atoms with Crippen LogP contribution in [0.25, 0.3) is 0 Å². The van der Waals surface area contributed by atoms with E-state index in [0.29, 0.717) is 0 Å². The van der Waals surface area contributed by atoms with Crippen molar-refractivity contribution in [3.63, 3.8) is 0 Å². The average molecular weight is 168 g/mol. The molecule has 1 aromatic heterocycles. The molecule has 0 saturated heterocycles. The second-order valence-electron chi connectivity index (χ2n) is 2.57.